The molecule has 0 aromatic heterocycles. The lowest BCUT2D eigenvalue weighted by Crippen LogP contribution is -2.28. The van der Waals surface area contributed by atoms with Crippen molar-refractivity contribution in [3.05, 3.63) is 0 Å². The summed E-state index contributed by atoms with van der Waals surface area (Å²) in [5, 5.41) is 8.60. The third kappa shape index (κ3) is 2.52. The molecule has 0 aromatic carbocycles. The fourth-order valence-corrected chi connectivity index (χ4v) is 1.41. The Morgan fingerprint density at radius 1 is 1.25 bits per heavy atom. The van der Waals surface area contributed by atoms with Crippen LogP contribution in [0.3, 0.4) is 0 Å². The summed E-state index contributed by atoms with van der Waals surface area (Å²) >= 11 is 0. The lowest BCUT2D eigenvalue weighted by Gasteiger charge is -2.36. The lowest BCUT2D eigenvalue weighted by atomic mass is 9.69. The zero-order chi connectivity index (χ0) is 9.78. The van der Waals surface area contributed by atoms with Crippen LogP contribution >= 0.6 is 0 Å². The van der Waals surface area contributed by atoms with Crippen LogP contribution in [-0.4, -0.2) is 0 Å². The zero-order valence-electron chi connectivity index (χ0n) is 9.02. The molecule has 0 amide bonds. The highest BCUT2D eigenvalue weighted by Gasteiger charge is 2.30. The van der Waals surface area contributed by atoms with Gasteiger partial charge in [-0.15, -0.1) is 0 Å². The number of hydrogen-bond donors (Lipinski definition) is 0. The van der Waals surface area contributed by atoms with Gasteiger partial charge in [0.15, 0.2) is 0 Å². The highest BCUT2D eigenvalue weighted by molar-refractivity contribution is 4.85. The van der Waals surface area contributed by atoms with Crippen molar-refractivity contribution in [3.63, 3.8) is 0 Å². The summed E-state index contributed by atoms with van der Waals surface area (Å²) in [6, 6.07) is 2.25. The van der Waals surface area contributed by atoms with Gasteiger partial charge in [0.25, 0.3) is 0 Å². The molecule has 0 aromatic rings. The number of nitriles is 1. The van der Waals surface area contributed by atoms with E-state index in [0.717, 1.165) is 0 Å². The molecule has 0 bridgehead atoms. The minimum Gasteiger partial charge on any atom is -0.198 e. The summed E-state index contributed by atoms with van der Waals surface area (Å²) in [6.07, 6.45) is 1.88. The van der Waals surface area contributed by atoms with Crippen LogP contribution in [0.15, 0.2) is 0 Å². The minimum atomic E-state index is 0.296. The molecule has 0 saturated heterocycles. The maximum absolute atomic E-state index is 8.60. The van der Waals surface area contributed by atoms with Gasteiger partial charge in [-0.3, -0.25) is 0 Å². The molecule has 0 heterocycles. The van der Waals surface area contributed by atoms with Crippen LogP contribution in [0, 0.1) is 28.6 Å². The van der Waals surface area contributed by atoms with Gasteiger partial charge < -0.3 is 0 Å². The Kier molecular flexibility index (Phi) is 4.31. The Morgan fingerprint density at radius 2 is 1.75 bits per heavy atom. The SMILES string of the molecule is CC[C@H](C)C(C)(C)[C@H](C)CC#N. The first-order valence-corrected chi connectivity index (χ1v) is 4.83. The number of hydrogen-bond acceptors (Lipinski definition) is 1. The maximum Gasteiger partial charge on any atom is 0.0624 e. The first-order chi connectivity index (χ1) is 5.46. The topological polar surface area (TPSA) is 23.8 Å². The quantitative estimate of drug-likeness (QED) is 0.627. The molecule has 0 N–H and O–H groups in total. The van der Waals surface area contributed by atoms with Gasteiger partial charge in [0, 0.05) is 6.42 Å². The first-order valence-electron chi connectivity index (χ1n) is 4.83. The van der Waals surface area contributed by atoms with Crippen LogP contribution < -0.4 is 0 Å². The second kappa shape index (κ2) is 4.50. The van der Waals surface area contributed by atoms with E-state index in [2.05, 4.69) is 40.7 Å². The van der Waals surface area contributed by atoms with Crippen LogP contribution in [0.5, 0.6) is 0 Å². The van der Waals surface area contributed by atoms with E-state index in [4.69, 9.17) is 5.26 Å². The van der Waals surface area contributed by atoms with Gasteiger partial charge in [0.2, 0.25) is 0 Å². The lowest BCUT2D eigenvalue weighted by molar-refractivity contribution is 0.137. The molecule has 0 unspecified atom stereocenters. The van der Waals surface area contributed by atoms with Crippen molar-refractivity contribution in [2.24, 2.45) is 17.3 Å². The Bertz CT molecular complexity index is 164. The molecule has 1 nitrogen and oxygen atoms in total. The number of rotatable bonds is 4. The molecule has 0 spiro atoms. The summed E-state index contributed by atoms with van der Waals surface area (Å²) in [4.78, 5) is 0. The van der Waals surface area contributed by atoms with Crippen LogP contribution in [0.4, 0.5) is 0 Å². The number of nitrogens with zero attached hydrogens (tertiary/aromatic N) is 1. The molecule has 0 saturated carbocycles. The molecule has 2 atom stereocenters. The predicted molar refractivity (Wildman–Crippen MR) is 52.6 cm³/mol. The van der Waals surface area contributed by atoms with Crippen molar-refractivity contribution in [3.8, 4) is 6.07 Å². The average molecular weight is 167 g/mol. The van der Waals surface area contributed by atoms with Crippen LogP contribution in [0.2, 0.25) is 0 Å². The van der Waals surface area contributed by atoms with Crippen LogP contribution in [-0.2, 0) is 0 Å². The van der Waals surface area contributed by atoms with Gasteiger partial charge in [-0.25, -0.2) is 0 Å². The van der Waals surface area contributed by atoms with Crippen molar-refractivity contribution in [1.29, 1.82) is 5.26 Å². The second-order valence-electron chi connectivity index (χ2n) is 4.39. The van der Waals surface area contributed by atoms with Gasteiger partial charge in [-0.2, -0.15) is 5.26 Å². The van der Waals surface area contributed by atoms with E-state index in [-0.39, 0.29) is 0 Å². The molecule has 0 aliphatic rings. The van der Waals surface area contributed by atoms with E-state index in [1.54, 1.807) is 0 Å². The predicted octanol–water partition coefficient (Wildman–Crippen LogP) is 3.61. The summed E-state index contributed by atoms with van der Waals surface area (Å²) in [5.74, 6) is 1.19. The van der Waals surface area contributed by atoms with Crippen molar-refractivity contribution >= 4 is 0 Å². The van der Waals surface area contributed by atoms with E-state index in [9.17, 15) is 0 Å². The maximum atomic E-state index is 8.60. The molecule has 0 aliphatic carbocycles. The molecule has 70 valence electrons. The Morgan fingerprint density at radius 3 is 2.08 bits per heavy atom. The molecule has 0 rings (SSSR count). The largest absolute Gasteiger partial charge is 0.198 e. The highest BCUT2D eigenvalue weighted by Crippen LogP contribution is 2.38. The first kappa shape index (κ1) is 11.5. The van der Waals surface area contributed by atoms with E-state index in [0.29, 0.717) is 23.7 Å². The standard InChI is InChI=1S/C11H21N/c1-6-9(2)11(4,5)10(3)7-8-12/h9-10H,6-7H2,1-5H3/t9-,10+/m0/s1. The Balaban J connectivity index is 4.28. The smallest absolute Gasteiger partial charge is 0.0624 e. The normalized spacial score (nSPS) is 16.7. The van der Waals surface area contributed by atoms with Crippen molar-refractivity contribution in [2.45, 2.75) is 47.5 Å². The van der Waals surface area contributed by atoms with Crippen LogP contribution in [0.25, 0.3) is 0 Å². The van der Waals surface area contributed by atoms with Gasteiger partial charge in [0.1, 0.15) is 0 Å². The monoisotopic (exact) mass is 167 g/mol. The van der Waals surface area contributed by atoms with E-state index < -0.39 is 0 Å². The van der Waals surface area contributed by atoms with Crippen LogP contribution in [0.1, 0.15) is 47.5 Å². The van der Waals surface area contributed by atoms with Crippen molar-refractivity contribution in [1.82, 2.24) is 0 Å². The van der Waals surface area contributed by atoms with Gasteiger partial charge in [0.05, 0.1) is 6.07 Å². The highest BCUT2D eigenvalue weighted by atomic mass is 14.4. The van der Waals surface area contributed by atoms with E-state index in [1.807, 2.05) is 0 Å². The third-order valence-corrected chi connectivity index (χ3v) is 3.55. The fourth-order valence-electron chi connectivity index (χ4n) is 1.41. The molecule has 0 aliphatic heterocycles. The van der Waals surface area contributed by atoms with Gasteiger partial charge in [-0.1, -0.05) is 41.0 Å². The summed E-state index contributed by atoms with van der Waals surface area (Å²) < 4.78 is 0. The van der Waals surface area contributed by atoms with E-state index in [1.165, 1.54) is 6.42 Å². The third-order valence-electron chi connectivity index (χ3n) is 3.55. The fraction of sp³-hybridized carbons (Fsp3) is 0.909. The molecule has 12 heavy (non-hydrogen) atoms. The Labute approximate surface area is 76.8 Å². The molecule has 1 heteroatoms. The summed E-state index contributed by atoms with van der Waals surface area (Å²) in [6.45, 7) is 11.2. The second-order valence-corrected chi connectivity index (χ2v) is 4.39. The molecule has 0 radical (unpaired) electrons. The molecular weight excluding hydrogens is 146 g/mol. The average Bonchev–Trinajstić information content (AvgIpc) is 2.03. The van der Waals surface area contributed by atoms with Gasteiger partial charge >= 0.3 is 0 Å². The Hall–Kier alpha value is -0.510. The van der Waals surface area contributed by atoms with Crippen molar-refractivity contribution < 1.29 is 0 Å². The van der Waals surface area contributed by atoms with Crippen molar-refractivity contribution in [2.75, 3.05) is 0 Å². The van der Waals surface area contributed by atoms with Gasteiger partial charge in [-0.05, 0) is 17.3 Å². The summed E-state index contributed by atoms with van der Waals surface area (Å²) in [5.41, 5.74) is 0.296. The minimum absolute atomic E-state index is 0.296. The molecular formula is C11H21N. The van der Waals surface area contributed by atoms with E-state index >= 15 is 0 Å². The zero-order valence-corrected chi connectivity index (χ0v) is 9.02. The molecule has 0 fully saturated rings. The summed E-state index contributed by atoms with van der Waals surface area (Å²) in [7, 11) is 0.